The van der Waals surface area contributed by atoms with Crippen molar-refractivity contribution in [3.8, 4) is 0 Å². The Balaban J connectivity index is 2.85. The van der Waals surface area contributed by atoms with Gasteiger partial charge < -0.3 is 5.11 Å². The topological polar surface area (TPSA) is 20.2 Å². The lowest BCUT2D eigenvalue weighted by Gasteiger charge is -2.31. The smallest absolute Gasteiger partial charge is 0.0499 e. The number of aliphatic hydroxyl groups excluding tert-OH is 1. The summed E-state index contributed by atoms with van der Waals surface area (Å²) in [6, 6.07) is 0. The van der Waals surface area contributed by atoms with Gasteiger partial charge in [-0.3, -0.25) is 0 Å². The largest absolute Gasteiger partial charge is 0.396 e. The van der Waals surface area contributed by atoms with E-state index in [0.29, 0.717) is 11.8 Å². The Morgan fingerprint density at radius 3 is 2.27 bits per heavy atom. The first-order valence-corrected chi connectivity index (χ1v) is 4.29. The Hall–Kier alpha value is -0.300. The van der Waals surface area contributed by atoms with Gasteiger partial charge in [0.1, 0.15) is 0 Å². The quantitative estimate of drug-likeness (QED) is 0.574. The van der Waals surface area contributed by atoms with E-state index in [1.807, 2.05) is 0 Å². The van der Waals surface area contributed by atoms with Gasteiger partial charge in [-0.15, -0.1) is 0 Å². The molecule has 0 aromatic rings. The van der Waals surface area contributed by atoms with Crippen molar-refractivity contribution in [2.24, 2.45) is 17.3 Å². The predicted octanol–water partition coefficient (Wildman–Crippen LogP) is 2.22. The fourth-order valence-corrected chi connectivity index (χ4v) is 1.87. The molecule has 0 bridgehead atoms. The highest BCUT2D eigenvalue weighted by Gasteiger charge is 2.38. The van der Waals surface area contributed by atoms with Crippen molar-refractivity contribution >= 4 is 0 Å². The molecule has 1 N–H and O–H groups in total. The highest BCUT2D eigenvalue weighted by Crippen LogP contribution is 2.45. The lowest BCUT2D eigenvalue weighted by atomic mass is 9.74. The maximum atomic E-state index is 9.09. The third kappa shape index (κ3) is 1.22. The first-order valence-electron chi connectivity index (χ1n) is 4.29. The van der Waals surface area contributed by atoms with Gasteiger partial charge in [-0.2, -0.15) is 0 Å². The van der Waals surface area contributed by atoms with E-state index in [9.17, 15) is 0 Å². The van der Waals surface area contributed by atoms with Crippen LogP contribution in [0.25, 0.3) is 0 Å². The van der Waals surface area contributed by atoms with Crippen LogP contribution in [0.15, 0.2) is 11.6 Å². The molecule has 1 aliphatic rings. The molecule has 0 amide bonds. The highest BCUT2D eigenvalue weighted by molar-refractivity contribution is 5.18. The summed E-state index contributed by atoms with van der Waals surface area (Å²) in [6.07, 6.45) is 2.21. The Morgan fingerprint density at radius 1 is 1.55 bits per heavy atom. The molecule has 1 unspecified atom stereocenters. The van der Waals surface area contributed by atoms with Crippen molar-refractivity contribution in [1.29, 1.82) is 0 Å². The van der Waals surface area contributed by atoms with Gasteiger partial charge in [0.05, 0.1) is 0 Å². The number of hydrogen-bond acceptors (Lipinski definition) is 1. The lowest BCUT2D eigenvalue weighted by molar-refractivity contribution is 0.134. The monoisotopic (exact) mass is 154 g/mol. The molecule has 0 aromatic carbocycles. The summed E-state index contributed by atoms with van der Waals surface area (Å²) in [4.78, 5) is 0. The molecule has 11 heavy (non-hydrogen) atoms. The van der Waals surface area contributed by atoms with Crippen LogP contribution >= 0.6 is 0 Å². The summed E-state index contributed by atoms with van der Waals surface area (Å²) in [5.41, 5.74) is 1.67. The molecule has 64 valence electrons. The second-order valence-electron chi connectivity index (χ2n) is 4.24. The van der Waals surface area contributed by atoms with E-state index in [1.165, 1.54) is 5.57 Å². The van der Waals surface area contributed by atoms with Crippen molar-refractivity contribution < 1.29 is 5.11 Å². The molecule has 1 heteroatoms. The van der Waals surface area contributed by atoms with Gasteiger partial charge in [-0.25, -0.2) is 0 Å². The van der Waals surface area contributed by atoms with Crippen molar-refractivity contribution in [3.05, 3.63) is 11.6 Å². The molecular formula is C10H18O. The molecule has 0 radical (unpaired) electrons. The van der Waals surface area contributed by atoms with Gasteiger partial charge in [-0.1, -0.05) is 32.4 Å². The van der Waals surface area contributed by atoms with E-state index in [1.54, 1.807) is 0 Å². The number of allylic oxidation sites excluding steroid dienone is 1. The molecule has 0 heterocycles. The Morgan fingerprint density at radius 2 is 2.09 bits per heavy atom. The summed E-state index contributed by atoms with van der Waals surface area (Å²) < 4.78 is 0. The van der Waals surface area contributed by atoms with Crippen LogP contribution in [0, 0.1) is 17.3 Å². The Kier molecular flexibility index (Phi) is 2.10. The highest BCUT2D eigenvalue weighted by atomic mass is 16.3. The Labute approximate surface area is 69.1 Å². The summed E-state index contributed by atoms with van der Waals surface area (Å²) in [6.45, 7) is 9.13. The first kappa shape index (κ1) is 8.79. The third-order valence-electron chi connectivity index (χ3n) is 3.42. The molecule has 0 fully saturated rings. The van der Waals surface area contributed by atoms with E-state index in [2.05, 4.69) is 33.8 Å². The molecular weight excluding hydrogens is 136 g/mol. The lowest BCUT2D eigenvalue weighted by Crippen LogP contribution is -2.27. The van der Waals surface area contributed by atoms with Gasteiger partial charge in [0.15, 0.2) is 0 Å². The van der Waals surface area contributed by atoms with Gasteiger partial charge in [0.25, 0.3) is 0 Å². The van der Waals surface area contributed by atoms with Gasteiger partial charge in [-0.05, 0) is 18.3 Å². The van der Waals surface area contributed by atoms with Gasteiger partial charge in [0, 0.05) is 12.5 Å². The van der Waals surface area contributed by atoms with Crippen molar-refractivity contribution in [2.45, 2.75) is 27.7 Å². The summed E-state index contributed by atoms with van der Waals surface area (Å²) >= 11 is 0. The second-order valence-corrected chi connectivity index (χ2v) is 4.24. The van der Waals surface area contributed by atoms with E-state index < -0.39 is 0 Å². The van der Waals surface area contributed by atoms with Crippen molar-refractivity contribution in [3.63, 3.8) is 0 Å². The van der Waals surface area contributed by atoms with E-state index in [4.69, 9.17) is 5.11 Å². The fraction of sp³-hybridized carbons (Fsp3) is 0.800. The molecule has 0 spiro atoms. The van der Waals surface area contributed by atoms with Crippen LogP contribution in [-0.2, 0) is 0 Å². The predicted molar refractivity (Wildman–Crippen MR) is 47.3 cm³/mol. The minimum Gasteiger partial charge on any atom is -0.396 e. The van der Waals surface area contributed by atoms with E-state index >= 15 is 0 Å². The van der Waals surface area contributed by atoms with Crippen molar-refractivity contribution in [2.75, 3.05) is 6.61 Å². The first-order chi connectivity index (χ1) is 5.00. The number of aliphatic hydroxyl groups is 1. The molecule has 1 nitrogen and oxygen atoms in total. The molecule has 0 saturated heterocycles. The van der Waals surface area contributed by atoms with Crippen LogP contribution in [0.2, 0.25) is 0 Å². The molecule has 0 saturated carbocycles. The fourth-order valence-electron chi connectivity index (χ4n) is 1.87. The maximum absolute atomic E-state index is 9.09. The third-order valence-corrected chi connectivity index (χ3v) is 3.42. The minimum atomic E-state index is 0.249. The standard InChI is InChI=1S/C10H18O/c1-7-5-9(6-11)10(3,4)8(7)2/h5,8-9,11H,6H2,1-4H3/t8?,9-/m0/s1. The average Bonchev–Trinajstić information content (AvgIpc) is 2.13. The van der Waals surface area contributed by atoms with Crippen molar-refractivity contribution in [1.82, 2.24) is 0 Å². The number of rotatable bonds is 1. The normalized spacial score (nSPS) is 35.5. The van der Waals surface area contributed by atoms with Crippen LogP contribution in [0.1, 0.15) is 27.7 Å². The zero-order chi connectivity index (χ0) is 8.65. The molecule has 1 rings (SSSR count). The molecule has 1 aliphatic carbocycles. The van der Waals surface area contributed by atoms with Crippen LogP contribution in [0.3, 0.4) is 0 Å². The summed E-state index contributed by atoms with van der Waals surface area (Å²) in [5.74, 6) is 0.970. The zero-order valence-corrected chi connectivity index (χ0v) is 7.89. The molecule has 0 aliphatic heterocycles. The van der Waals surface area contributed by atoms with E-state index in [0.717, 1.165) is 0 Å². The second kappa shape index (κ2) is 2.63. The van der Waals surface area contributed by atoms with Gasteiger partial charge >= 0.3 is 0 Å². The zero-order valence-electron chi connectivity index (χ0n) is 7.89. The minimum absolute atomic E-state index is 0.249. The number of hydrogen-bond donors (Lipinski definition) is 1. The van der Waals surface area contributed by atoms with E-state index in [-0.39, 0.29) is 12.0 Å². The molecule has 0 aromatic heterocycles. The Bertz CT molecular complexity index is 179. The van der Waals surface area contributed by atoms with Crippen LogP contribution in [0.4, 0.5) is 0 Å². The molecule has 2 atom stereocenters. The summed E-state index contributed by atoms with van der Waals surface area (Å²) in [7, 11) is 0. The maximum Gasteiger partial charge on any atom is 0.0499 e. The summed E-state index contributed by atoms with van der Waals surface area (Å²) in [5, 5.41) is 9.09. The average molecular weight is 154 g/mol. The van der Waals surface area contributed by atoms with Crippen LogP contribution < -0.4 is 0 Å². The SMILES string of the molecule is CC1=C[C@@H](CO)C(C)(C)C1C. The van der Waals surface area contributed by atoms with Crippen LogP contribution in [-0.4, -0.2) is 11.7 Å². The van der Waals surface area contributed by atoms with Gasteiger partial charge in [0.2, 0.25) is 0 Å². The van der Waals surface area contributed by atoms with Crippen LogP contribution in [0.5, 0.6) is 0 Å².